The van der Waals surface area contributed by atoms with Gasteiger partial charge in [0, 0.05) is 46.2 Å². The van der Waals surface area contributed by atoms with Gasteiger partial charge in [-0.15, -0.1) is 11.3 Å². The molecule has 5 rings (SSSR count). The van der Waals surface area contributed by atoms with Crippen molar-refractivity contribution in [3.8, 4) is 11.3 Å². The van der Waals surface area contributed by atoms with Gasteiger partial charge in [-0.1, -0.05) is 12.1 Å². The van der Waals surface area contributed by atoms with E-state index in [4.69, 9.17) is 4.98 Å². The quantitative estimate of drug-likeness (QED) is 0.240. The minimum Gasteiger partial charge on any atom is -0.337 e. The molecule has 2 aromatic heterocycles. The number of carbonyl (C=O) groups is 2. The molecule has 8 heteroatoms. The number of benzene rings is 2. The smallest absolute Gasteiger partial charge is 0.265 e. The van der Waals surface area contributed by atoms with Crippen LogP contribution in [0.3, 0.4) is 0 Å². The van der Waals surface area contributed by atoms with Gasteiger partial charge < -0.3 is 15.5 Å². The van der Waals surface area contributed by atoms with Gasteiger partial charge in [-0.3, -0.25) is 9.59 Å². The first-order valence-corrected chi connectivity index (χ1v) is 14.7. The number of aromatic nitrogens is 2. The average Bonchev–Trinajstić information content (AvgIpc) is 3.40. The predicted molar refractivity (Wildman–Crippen MR) is 163 cm³/mol. The first-order chi connectivity index (χ1) is 19.3. The second kappa shape index (κ2) is 12.0. The minimum absolute atomic E-state index is 0.0171. The number of nitrogens with zero attached hydrogens (tertiary/aromatic N) is 3. The van der Waals surface area contributed by atoms with Crippen LogP contribution >= 0.6 is 11.3 Å². The molecule has 40 heavy (non-hydrogen) atoms. The summed E-state index contributed by atoms with van der Waals surface area (Å²) in [5, 5.41) is 6.36. The zero-order valence-corrected chi connectivity index (χ0v) is 24.3. The third-order valence-corrected chi connectivity index (χ3v) is 8.58. The summed E-state index contributed by atoms with van der Waals surface area (Å²) < 4.78 is 0. The number of fused-ring (bicyclic) bond motifs is 1. The molecule has 206 valence electrons. The molecular weight excluding hydrogens is 518 g/mol. The zero-order valence-electron chi connectivity index (χ0n) is 23.5. The zero-order chi connectivity index (χ0) is 28.2. The number of thiophene rings is 1. The lowest BCUT2D eigenvalue weighted by Crippen LogP contribution is -2.36. The predicted octanol–water partition coefficient (Wildman–Crippen LogP) is 7.26. The minimum atomic E-state index is -0.0675. The van der Waals surface area contributed by atoms with Crippen LogP contribution in [0.15, 0.2) is 60.8 Å². The normalized spacial score (nSPS) is 12.6. The Morgan fingerprint density at radius 2 is 1.82 bits per heavy atom. The Hall–Kier alpha value is -4.04. The Morgan fingerprint density at radius 1 is 1.05 bits per heavy atom. The number of anilines is 3. The fraction of sp³-hybridized carbons (Fsp3) is 0.312. The van der Waals surface area contributed by atoms with E-state index in [0.717, 1.165) is 45.9 Å². The Kier molecular flexibility index (Phi) is 8.26. The maximum absolute atomic E-state index is 13.1. The highest BCUT2D eigenvalue weighted by molar-refractivity contribution is 7.14. The van der Waals surface area contributed by atoms with Crippen LogP contribution in [0.25, 0.3) is 11.3 Å². The molecule has 2 N–H and O–H groups in total. The van der Waals surface area contributed by atoms with E-state index in [1.54, 1.807) is 17.5 Å². The van der Waals surface area contributed by atoms with Crippen molar-refractivity contribution in [3.05, 3.63) is 87.2 Å². The topological polar surface area (TPSA) is 87.2 Å². The number of carbonyl (C=O) groups excluding carboxylic acids is 2. The van der Waals surface area contributed by atoms with Gasteiger partial charge in [-0.25, -0.2) is 9.97 Å². The van der Waals surface area contributed by atoms with Crippen LogP contribution in [0.1, 0.15) is 69.6 Å². The Morgan fingerprint density at radius 3 is 2.55 bits per heavy atom. The molecule has 0 atom stereocenters. The van der Waals surface area contributed by atoms with Crippen LogP contribution in [0.2, 0.25) is 0 Å². The molecule has 2 heterocycles. The number of hydrogen-bond donors (Lipinski definition) is 2. The molecule has 0 unspecified atom stereocenters. The Bertz CT molecular complexity index is 1500. The number of hydrogen-bond acceptors (Lipinski definition) is 6. The van der Waals surface area contributed by atoms with Gasteiger partial charge in [0.1, 0.15) is 0 Å². The SMILES string of the molecule is CCN(C(=O)c1ccc(Nc2nccc(-c3cccc(NC(=O)c4cc5c(s4)CCCC5)c3C)n2)cc1)C(C)C. The van der Waals surface area contributed by atoms with E-state index in [-0.39, 0.29) is 17.9 Å². The Balaban J connectivity index is 1.31. The summed E-state index contributed by atoms with van der Waals surface area (Å²) in [7, 11) is 0. The number of rotatable bonds is 8. The van der Waals surface area contributed by atoms with Gasteiger partial charge in [0.2, 0.25) is 5.95 Å². The van der Waals surface area contributed by atoms with Crippen molar-refractivity contribution < 1.29 is 9.59 Å². The van der Waals surface area contributed by atoms with Gasteiger partial charge in [0.05, 0.1) is 10.6 Å². The van der Waals surface area contributed by atoms with E-state index in [1.807, 2.05) is 81.1 Å². The van der Waals surface area contributed by atoms with E-state index in [0.29, 0.717) is 18.1 Å². The summed E-state index contributed by atoms with van der Waals surface area (Å²) in [6.45, 7) is 8.67. The second-order valence-electron chi connectivity index (χ2n) is 10.4. The second-order valence-corrected chi connectivity index (χ2v) is 11.5. The molecule has 0 aliphatic heterocycles. The van der Waals surface area contributed by atoms with Crippen LogP contribution in [0.4, 0.5) is 17.3 Å². The number of nitrogens with one attached hydrogen (secondary N) is 2. The van der Waals surface area contributed by atoms with E-state index >= 15 is 0 Å². The van der Waals surface area contributed by atoms with Gasteiger partial charge in [-0.2, -0.15) is 0 Å². The fourth-order valence-corrected chi connectivity index (χ4v) is 6.29. The lowest BCUT2D eigenvalue weighted by molar-refractivity contribution is 0.0716. The molecule has 0 fully saturated rings. The molecule has 0 saturated carbocycles. The summed E-state index contributed by atoms with van der Waals surface area (Å²) in [6, 6.07) is 17.3. The van der Waals surface area contributed by atoms with Gasteiger partial charge in [0.25, 0.3) is 11.8 Å². The third kappa shape index (κ3) is 5.92. The van der Waals surface area contributed by atoms with Crippen molar-refractivity contribution in [1.29, 1.82) is 0 Å². The molecule has 0 bridgehead atoms. The molecule has 7 nitrogen and oxygen atoms in total. The summed E-state index contributed by atoms with van der Waals surface area (Å²) in [4.78, 5) is 39.0. The van der Waals surface area contributed by atoms with Gasteiger partial charge >= 0.3 is 0 Å². The van der Waals surface area contributed by atoms with Crippen LogP contribution in [-0.2, 0) is 12.8 Å². The maximum Gasteiger partial charge on any atom is 0.265 e. The summed E-state index contributed by atoms with van der Waals surface area (Å²) >= 11 is 1.62. The number of aryl methyl sites for hydroxylation is 2. The van der Waals surface area contributed by atoms with Crippen molar-refractivity contribution in [2.45, 2.75) is 59.4 Å². The fourth-order valence-electron chi connectivity index (χ4n) is 5.14. The van der Waals surface area contributed by atoms with Gasteiger partial charge in [0.15, 0.2) is 0 Å². The number of amides is 2. The highest BCUT2D eigenvalue weighted by atomic mass is 32.1. The molecule has 1 aliphatic carbocycles. The van der Waals surface area contributed by atoms with Crippen LogP contribution in [0, 0.1) is 6.92 Å². The molecule has 2 aromatic carbocycles. The maximum atomic E-state index is 13.1. The lowest BCUT2D eigenvalue weighted by atomic mass is 9.99. The van der Waals surface area contributed by atoms with Crippen LogP contribution < -0.4 is 10.6 Å². The largest absolute Gasteiger partial charge is 0.337 e. The molecule has 0 radical (unpaired) electrons. The molecule has 2 amide bonds. The van der Waals surface area contributed by atoms with E-state index in [2.05, 4.69) is 21.7 Å². The summed E-state index contributed by atoms with van der Waals surface area (Å²) in [5.41, 5.74) is 6.14. The standard InChI is InChI=1S/C32H35N5O2S/c1-5-37(20(2)3)31(39)22-13-15-24(16-14-22)34-32-33-18-17-27(36-32)25-10-8-11-26(21(25)4)35-30(38)29-19-23-9-6-7-12-28(23)40-29/h8,10-11,13-20H,5-7,9,12H2,1-4H3,(H,35,38)(H,33,34,36). The third-order valence-electron chi connectivity index (χ3n) is 7.35. The van der Waals surface area contributed by atoms with Crippen molar-refractivity contribution in [2.75, 3.05) is 17.2 Å². The van der Waals surface area contributed by atoms with Crippen molar-refractivity contribution >= 4 is 40.5 Å². The first kappa shape index (κ1) is 27.5. The van der Waals surface area contributed by atoms with E-state index in [9.17, 15) is 9.59 Å². The van der Waals surface area contributed by atoms with Crippen molar-refractivity contribution in [3.63, 3.8) is 0 Å². The summed E-state index contributed by atoms with van der Waals surface area (Å²) in [5.74, 6) is 0.400. The lowest BCUT2D eigenvalue weighted by Gasteiger charge is -2.25. The monoisotopic (exact) mass is 553 g/mol. The highest BCUT2D eigenvalue weighted by Gasteiger charge is 2.19. The average molecular weight is 554 g/mol. The van der Waals surface area contributed by atoms with Gasteiger partial charge in [-0.05, 0) is 107 Å². The highest BCUT2D eigenvalue weighted by Crippen LogP contribution is 2.32. The molecule has 4 aromatic rings. The molecule has 0 saturated heterocycles. The van der Waals surface area contributed by atoms with Crippen LogP contribution in [0.5, 0.6) is 0 Å². The van der Waals surface area contributed by atoms with Crippen molar-refractivity contribution in [1.82, 2.24) is 14.9 Å². The van der Waals surface area contributed by atoms with Crippen LogP contribution in [-0.4, -0.2) is 39.3 Å². The summed E-state index contributed by atoms with van der Waals surface area (Å²) in [6.07, 6.45) is 6.25. The molecular formula is C32H35N5O2S. The first-order valence-electron chi connectivity index (χ1n) is 13.9. The van der Waals surface area contributed by atoms with E-state index < -0.39 is 0 Å². The Labute approximate surface area is 239 Å². The molecule has 1 aliphatic rings. The molecule has 0 spiro atoms. The van der Waals surface area contributed by atoms with Crippen molar-refractivity contribution in [2.24, 2.45) is 0 Å². The van der Waals surface area contributed by atoms with E-state index in [1.165, 1.54) is 23.3 Å².